The van der Waals surface area contributed by atoms with E-state index >= 15 is 0 Å². The first-order valence-corrected chi connectivity index (χ1v) is 9.78. The fraction of sp³-hybridized carbons (Fsp3) is 0.368. The SMILES string of the molecule is Cc1ccccc1CS(=O)(=O)NCCOc1ccccc1C(C)C. The summed E-state index contributed by atoms with van der Waals surface area (Å²) in [6.07, 6.45) is 0. The molecule has 0 aromatic heterocycles. The molecular weight excluding hydrogens is 322 g/mol. The molecule has 0 saturated carbocycles. The van der Waals surface area contributed by atoms with Crippen molar-refractivity contribution in [1.82, 2.24) is 4.72 Å². The zero-order valence-electron chi connectivity index (χ0n) is 14.5. The van der Waals surface area contributed by atoms with Crippen molar-refractivity contribution in [2.45, 2.75) is 32.4 Å². The predicted molar refractivity (Wildman–Crippen MR) is 97.8 cm³/mol. The number of aryl methyl sites for hydroxylation is 1. The van der Waals surface area contributed by atoms with Gasteiger partial charge >= 0.3 is 0 Å². The van der Waals surface area contributed by atoms with Crippen LogP contribution in [0.15, 0.2) is 48.5 Å². The maximum atomic E-state index is 12.2. The van der Waals surface area contributed by atoms with E-state index in [0.717, 1.165) is 22.4 Å². The lowest BCUT2D eigenvalue weighted by molar-refractivity contribution is 0.318. The summed E-state index contributed by atoms with van der Waals surface area (Å²) in [6, 6.07) is 15.3. The van der Waals surface area contributed by atoms with Gasteiger partial charge in [-0.25, -0.2) is 13.1 Å². The zero-order chi connectivity index (χ0) is 17.6. The van der Waals surface area contributed by atoms with Crippen molar-refractivity contribution in [1.29, 1.82) is 0 Å². The summed E-state index contributed by atoms with van der Waals surface area (Å²) in [7, 11) is -3.37. The van der Waals surface area contributed by atoms with Crippen LogP contribution >= 0.6 is 0 Å². The Hall–Kier alpha value is -1.85. The van der Waals surface area contributed by atoms with Gasteiger partial charge in [0, 0.05) is 6.54 Å². The zero-order valence-corrected chi connectivity index (χ0v) is 15.3. The second-order valence-electron chi connectivity index (χ2n) is 6.12. The van der Waals surface area contributed by atoms with Crippen LogP contribution in [0.5, 0.6) is 5.75 Å². The first-order valence-electron chi connectivity index (χ1n) is 8.12. The molecule has 2 aromatic carbocycles. The molecule has 4 nitrogen and oxygen atoms in total. The average Bonchev–Trinajstić information content (AvgIpc) is 2.54. The Morgan fingerprint density at radius 2 is 1.71 bits per heavy atom. The molecule has 0 fully saturated rings. The van der Waals surface area contributed by atoms with Gasteiger partial charge in [-0.05, 0) is 35.6 Å². The van der Waals surface area contributed by atoms with Crippen LogP contribution in [0, 0.1) is 6.92 Å². The van der Waals surface area contributed by atoms with Crippen molar-refractivity contribution < 1.29 is 13.2 Å². The van der Waals surface area contributed by atoms with Gasteiger partial charge in [-0.1, -0.05) is 56.3 Å². The van der Waals surface area contributed by atoms with Gasteiger partial charge in [-0.15, -0.1) is 0 Å². The molecule has 5 heteroatoms. The van der Waals surface area contributed by atoms with E-state index in [-0.39, 0.29) is 12.3 Å². The highest BCUT2D eigenvalue weighted by Crippen LogP contribution is 2.25. The first-order chi connectivity index (χ1) is 11.4. The highest BCUT2D eigenvalue weighted by Gasteiger charge is 2.13. The number of hydrogen-bond donors (Lipinski definition) is 1. The predicted octanol–water partition coefficient (Wildman–Crippen LogP) is 3.62. The maximum absolute atomic E-state index is 12.2. The van der Waals surface area contributed by atoms with Crippen molar-refractivity contribution in [3.63, 3.8) is 0 Å². The molecule has 24 heavy (non-hydrogen) atoms. The first kappa shape index (κ1) is 18.5. The minimum absolute atomic E-state index is 0.0117. The molecule has 2 rings (SSSR count). The number of nitrogens with one attached hydrogen (secondary N) is 1. The lowest BCUT2D eigenvalue weighted by atomic mass is 10.0. The van der Waals surface area contributed by atoms with Crippen LogP contribution in [-0.2, 0) is 15.8 Å². The number of rotatable bonds is 8. The Morgan fingerprint density at radius 3 is 2.42 bits per heavy atom. The minimum Gasteiger partial charge on any atom is -0.492 e. The van der Waals surface area contributed by atoms with E-state index in [4.69, 9.17) is 4.74 Å². The summed E-state index contributed by atoms with van der Waals surface area (Å²) in [4.78, 5) is 0. The van der Waals surface area contributed by atoms with Crippen LogP contribution in [0.1, 0.15) is 36.5 Å². The summed E-state index contributed by atoms with van der Waals surface area (Å²) in [5.74, 6) is 1.16. The number of ether oxygens (including phenoxy) is 1. The van der Waals surface area contributed by atoms with E-state index in [9.17, 15) is 8.42 Å². The van der Waals surface area contributed by atoms with E-state index in [1.807, 2.05) is 55.5 Å². The Morgan fingerprint density at radius 1 is 1.04 bits per heavy atom. The molecule has 0 saturated heterocycles. The molecule has 0 aliphatic rings. The van der Waals surface area contributed by atoms with Crippen LogP contribution in [0.2, 0.25) is 0 Å². The van der Waals surface area contributed by atoms with Gasteiger partial charge < -0.3 is 4.74 Å². The lowest BCUT2D eigenvalue weighted by Gasteiger charge is -2.14. The van der Waals surface area contributed by atoms with Crippen molar-refractivity contribution in [3.8, 4) is 5.75 Å². The third-order valence-electron chi connectivity index (χ3n) is 3.83. The van der Waals surface area contributed by atoms with E-state index in [1.165, 1.54) is 0 Å². The third kappa shape index (κ3) is 5.35. The number of hydrogen-bond acceptors (Lipinski definition) is 3. The number of sulfonamides is 1. The van der Waals surface area contributed by atoms with Crippen LogP contribution < -0.4 is 9.46 Å². The van der Waals surface area contributed by atoms with Crippen molar-refractivity contribution in [2.24, 2.45) is 0 Å². The van der Waals surface area contributed by atoms with Gasteiger partial charge in [0.05, 0.1) is 5.75 Å². The summed E-state index contributed by atoms with van der Waals surface area (Å²) in [5, 5.41) is 0. The van der Waals surface area contributed by atoms with Crippen LogP contribution in [0.25, 0.3) is 0 Å². The molecule has 0 heterocycles. The molecule has 130 valence electrons. The van der Waals surface area contributed by atoms with Gasteiger partial charge in [0.15, 0.2) is 0 Å². The van der Waals surface area contributed by atoms with Crippen molar-refractivity contribution >= 4 is 10.0 Å². The van der Waals surface area contributed by atoms with E-state index in [2.05, 4.69) is 18.6 Å². The van der Waals surface area contributed by atoms with Crippen molar-refractivity contribution in [3.05, 3.63) is 65.2 Å². The average molecular weight is 347 g/mol. The molecule has 0 bridgehead atoms. The van der Waals surface area contributed by atoms with Crippen molar-refractivity contribution in [2.75, 3.05) is 13.2 Å². The van der Waals surface area contributed by atoms with Crippen LogP contribution in [-0.4, -0.2) is 21.6 Å². The fourth-order valence-corrected chi connectivity index (χ4v) is 3.70. The molecular formula is C19H25NO3S. The van der Waals surface area contributed by atoms with Gasteiger partial charge in [0.2, 0.25) is 10.0 Å². The quantitative estimate of drug-likeness (QED) is 0.742. The second-order valence-corrected chi connectivity index (χ2v) is 7.93. The van der Waals surface area contributed by atoms with Crippen LogP contribution in [0.4, 0.5) is 0 Å². The normalized spacial score (nSPS) is 11.7. The molecule has 0 radical (unpaired) electrons. The molecule has 0 amide bonds. The number of benzene rings is 2. The minimum atomic E-state index is -3.37. The van der Waals surface area contributed by atoms with E-state index in [1.54, 1.807) is 0 Å². The van der Waals surface area contributed by atoms with E-state index in [0.29, 0.717) is 12.5 Å². The molecule has 0 atom stereocenters. The standard InChI is InChI=1S/C19H25NO3S/c1-15(2)18-10-6-7-11-19(18)23-13-12-20-24(21,22)14-17-9-5-4-8-16(17)3/h4-11,15,20H,12-14H2,1-3H3. The number of para-hydroxylation sites is 1. The van der Waals surface area contributed by atoms with Gasteiger partial charge in [-0.2, -0.15) is 0 Å². The summed E-state index contributed by atoms with van der Waals surface area (Å²) in [5.41, 5.74) is 2.92. The second kappa shape index (κ2) is 8.31. The highest BCUT2D eigenvalue weighted by molar-refractivity contribution is 7.88. The van der Waals surface area contributed by atoms with Crippen LogP contribution in [0.3, 0.4) is 0 Å². The third-order valence-corrected chi connectivity index (χ3v) is 5.16. The largest absolute Gasteiger partial charge is 0.492 e. The lowest BCUT2D eigenvalue weighted by Crippen LogP contribution is -2.29. The molecule has 2 aromatic rings. The molecule has 0 unspecified atom stereocenters. The smallest absolute Gasteiger partial charge is 0.215 e. The molecule has 0 aliphatic carbocycles. The Balaban J connectivity index is 1.87. The van der Waals surface area contributed by atoms with E-state index < -0.39 is 10.0 Å². The highest BCUT2D eigenvalue weighted by atomic mass is 32.2. The topological polar surface area (TPSA) is 55.4 Å². The maximum Gasteiger partial charge on any atom is 0.215 e. The molecule has 0 aliphatic heterocycles. The summed E-state index contributed by atoms with van der Waals surface area (Å²) < 4.78 is 32.7. The summed E-state index contributed by atoms with van der Waals surface area (Å²) >= 11 is 0. The van der Waals surface area contributed by atoms with Gasteiger partial charge in [-0.3, -0.25) is 0 Å². The molecule has 0 spiro atoms. The monoisotopic (exact) mass is 347 g/mol. The molecule has 1 N–H and O–H groups in total. The van der Waals surface area contributed by atoms with Gasteiger partial charge in [0.1, 0.15) is 12.4 Å². The summed E-state index contributed by atoms with van der Waals surface area (Å²) in [6.45, 7) is 6.67. The van der Waals surface area contributed by atoms with Gasteiger partial charge in [0.25, 0.3) is 0 Å². The Labute approximate surface area is 144 Å². The Kier molecular flexibility index (Phi) is 6.40. The fourth-order valence-electron chi connectivity index (χ4n) is 2.47. The Bertz CT molecular complexity index is 770.